The largest absolute Gasteiger partial charge is 0.378 e. The lowest BCUT2D eigenvalue weighted by atomic mass is 9.77. The lowest BCUT2D eigenvalue weighted by Gasteiger charge is -2.40. The average Bonchev–Trinajstić information content (AvgIpc) is 2.66. The Labute approximate surface area is 123 Å². The van der Waals surface area contributed by atoms with Gasteiger partial charge < -0.3 is 4.74 Å². The van der Waals surface area contributed by atoms with Crippen LogP contribution in [0.15, 0.2) is 5.16 Å². The second-order valence-corrected chi connectivity index (χ2v) is 8.72. The Morgan fingerprint density at radius 3 is 2.30 bits per heavy atom. The third kappa shape index (κ3) is 2.84. The highest BCUT2D eigenvalue weighted by Crippen LogP contribution is 2.38. The topological polar surface area (TPSA) is 74.1 Å². The van der Waals surface area contributed by atoms with E-state index in [0.29, 0.717) is 12.2 Å². The van der Waals surface area contributed by atoms with Crippen LogP contribution in [0.5, 0.6) is 0 Å². The van der Waals surface area contributed by atoms with E-state index in [9.17, 15) is 8.42 Å². The van der Waals surface area contributed by atoms with Crippen LogP contribution in [0.1, 0.15) is 45.9 Å². The summed E-state index contributed by atoms with van der Waals surface area (Å²) in [4.78, 5) is 0. The van der Waals surface area contributed by atoms with Gasteiger partial charge in [-0.05, 0) is 40.0 Å². The summed E-state index contributed by atoms with van der Waals surface area (Å²) in [5.74, 6) is 0.596. The number of nitrogens with zero attached hydrogens (tertiary/aromatic N) is 3. The number of aromatic nitrogens is 3. The standard InChI is InChI=1S/C12H20ClN3O3S/c1-11(2,3)16-9(8-12(19-4)6-5-7-12)14-15-10(16)20(13,17)18/h5-8H2,1-4H3. The molecule has 6 nitrogen and oxygen atoms in total. The van der Waals surface area contributed by atoms with Gasteiger partial charge in [0.05, 0.1) is 5.60 Å². The fraction of sp³-hybridized carbons (Fsp3) is 0.833. The number of rotatable bonds is 4. The smallest absolute Gasteiger partial charge is 0.296 e. The second-order valence-electron chi connectivity index (χ2n) is 6.26. The lowest BCUT2D eigenvalue weighted by Crippen LogP contribution is -2.43. The molecule has 0 aromatic carbocycles. The monoisotopic (exact) mass is 321 g/mol. The first-order valence-corrected chi connectivity index (χ1v) is 8.85. The third-order valence-corrected chi connectivity index (χ3v) is 4.88. The van der Waals surface area contributed by atoms with E-state index in [1.165, 1.54) is 0 Å². The van der Waals surface area contributed by atoms with Crippen LogP contribution in [-0.4, -0.2) is 35.9 Å². The molecular weight excluding hydrogens is 302 g/mol. The van der Waals surface area contributed by atoms with E-state index < -0.39 is 14.6 Å². The molecule has 0 amide bonds. The van der Waals surface area contributed by atoms with E-state index in [-0.39, 0.29) is 10.8 Å². The lowest BCUT2D eigenvalue weighted by molar-refractivity contribution is -0.0731. The van der Waals surface area contributed by atoms with Gasteiger partial charge in [-0.1, -0.05) is 0 Å². The summed E-state index contributed by atoms with van der Waals surface area (Å²) < 4.78 is 30.5. The van der Waals surface area contributed by atoms with Crippen LogP contribution in [0, 0.1) is 0 Å². The molecule has 1 heterocycles. The first kappa shape index (κ1) is 15.7. The van der Waals surface area contributed by atoms with Crippen molar-refractivity contribution in [3.63, 3.8) is 0 Å². The summed E-state index contributed by atoms with van der Waals surface area (Å²) in [6, 6.07) is 0. The Bertz CT molecular complexity index is 594. The molecule has 0 radical (unpaired) electrons. The van der Waals surface area contributed by atoms with Gasteiger partial charge in [0.25, 0.3) is 14.2 Å². The van der Waals surface area contributed by atoms with Crippen molar-refractivity contribution in [2.24, 2.45) is 0 Å². The number of hydrogen-bond donors (Lipinski definition) is 0. The van der Waals surface area contributed by atoms with Gasteiger partial charge in [-0.25, -0.2) is 8.42 Å². The number of ether oxygens (including phenoxy) is 1. The molecule has 0 saturated heterocycles. The van der Waals surface area contributed by atoms with Crippen LogP contribution in [0.4, 0.5) is 0 Å². The predicted octanol–water partition coefficient (Wildman–Crippen LogP) is 2.07. The molecule has 20 heavy (non-hydrogen) atoms. The maximum Gasteiger partial charge on any atom is 0.296 e. The number of hydrogen-bond acceptors (Lipinski definition) is 5. The zero-order valence-electron chi connectivity index (χ0n) is 12.2. The van der Waals surface area contributed by atoms with Crippen LogP contribution in [0.3, 0.4) is 0 Å². The summed E-state index contributed by atoms with van der Waals surface area (Å²) in [5, 5.41) is 7.60. The fourth-order valence-corrected chi connectivity index (χ4v) is 3.59. The van der Waals surface area contributed by atoms with Gasteiger partial charge in [-0.15, -0.1) is 10.2 Å². The van der Waals surface area contributed by atoms with E-state index in [1.54, 1.807) is 11.7 Å². The molecule has 8 heteroatoms. The van der Waals surface area contributed by atoms with E-state index >= 15 is 0 Å². The zero-order chi connectivity index (χ0) is 15.2. The van der Waals surface area contributed by atoms with E-state index in [2.05, 4.69) is 10.2 Å². The fourth-order valence-electron chi connectivity index (χ4n) is 2.56. The van der Waals surface area contributed by atoms with Gasteiger partial charge in [0.1, 0.15) is 5.82 Å². The highest BCUT2D eigenvalue weighted by atomic mass is 35.7. The predicted molar refractivity (Wildman–Crippen MR) is 75.4 cm³/mol. The van der Waals surface area contributed by atoms with Gasteiger partial charge in [0, 0.05) is 29.8 Å². The maximum absolute atomic E-state index is 11.6. The molecule has 0 unspecified atom stereocenters. The molecule has 1 aromatic heterocycles. The Morgan fingerprint density at radius 1 is 1.35 bits per heavy atom. The molecule has 0 bridgehead atoms. The molecule has 114 valence electrons. The quantitative estimate of drug-likeness (QED) is 0.794. The highest BCUT2D eigenvalue weighted by Gasteiger charge is 2.40. The van der Waals surface area contributed by atoms with E-state index in [1.807, 2.05) is 20.8 Å². The maximum atomic E-state index is 11.6. The summed E-state index contributed by atoms with van der Waals surface area (Å²) >= 11 is 0. The van der Waals surface area contributed by atoms with Crippen molar-refractivity contribution in [1.29, 1.82) is 0 Å². The molecule has 0 atom stereocenters. The minimum atomic E-state index is -3.93. The van der Waals surface area contributed by atoms with Crippen molar-refractivity contribution in [3.05, 3.63) is 5.82 Å². The summed E-state index contributed by atoms with van der Waals surface area (Å²) in [6.45, 7) is 5.68. The molecule has 1 fully saturated rings. The first-order chi connectivity index (χ1) is 9.09. The Hall–Kier alpha value is -0.660. The van der Waals surface area contributed by atoms with Gasteiger partial charge >= 0.3 is 0 Å². The number of halogens is 1. The van der Waals surface area contributed by atoms with Crippen molar-refractivity contribution in [3.8, 4) is 0 Å². The molecule has 0 spiro atoms. The molecule has 1 aromatic rings. The average molecular weight is 322 g/mol. The van der Waals surface area contributed by atoms with Crippen LogP contribution in [0.2, 0.25) is 0 Å². The Kier molecular flexibility index (Phi) is 3.90. The van der Waals surface area contributed by atoms with Crippen molar-refractivity contribution in [1.82, 2.24) is 14.8 Å². The molecule has 0 N–H and O–H groups in total. The Morgan fingerprint density at radius 2 is 1.95 bits per heavy atom. The minimum Gasteiger partial charge on any atom is -0.378 e. The van der Waals surface area contributed by atoms with Crippen LogP contribution in [0.25, 0.3) is 0 Å². The first-order valence-electron chi connectivity index (χ1n) is 6.54. The second kappa shape index (κ2) is 4.96. The zero-order valence-corrected chi connectivity index (χ0v) is 13.8. The van der Waals surface area contributed by atoms with Crippen LogP contribution >= 0.6 is 10.7 Å². The summed E-state index contributed by atoms with van der Waals surface area (Å²) in [7, 11) is 3.20. The van der Waals surface area contributed by atoms with Gasteiger partial charge in [-0.3, -0.25) is 4.57 Å². The SMILES string of the molecule is COC1(Cc2nnc(S(=O)(=O)Cl)n2C(C)(C)C)CCC1. The van der Waals surface area contributed by atoms with Crippen LogP contribution < -0.4 is 0 Å². The van der Waals surface area contributed by atoms with Gasteiger partial charge in [0.15, 0.2) is 0 Å². The van der Waals surface area contributed by atoms with E-state index in [4.69, 9.17) is 15.4 Å². The molecule has 1 aliphatic carbocycles. The van der Waals surface area contributed by atoms with Crippen molar-refractivity contribution < 1.29 is 13.2 Å². The molecule has 1 aliphatic rings. The molecular formula is C12H20ClN3O3S. The van der Waals surface area contributed by atoms with Gasteiger partial charge in [0.2, 0.25) is 0 Å². The van der Waals surface area contributed by atoms with Crippen molar-refractivity contribution in [2.45, 2.75) is 62.8 Å². The number of methoxy groups -OCH3 is 1. The summed E-state index contributed by atoms with van der Waals surface area (Å²) in [6.07, 6.45) is 3.55. The van der Waals surface area contributed by atoms with Gasteiger partial charge in [-0.2, -0.15) is 0 Å². The molecule has 1 saturated carbocycles. The molecule has 0 aliphatic heterocycles. The third-order valence-electron chi connectivity index (χ3n) is 3.77. The molecule has 2 rings (SSSR count). The van der Waals surface area contributed by atoms with Crippen LogP contribution in [-0.2, 0) is 25.7 Å². The van der Waals surface area contributed by atoms with Crippen molar-refractivity contribution in [2.75, 3.05) is 7.11 Å². The van der Waals surface area contributed by atoms with E-state index in [0.717, 1.165) is 19.3 Å². The summed E-state index contributed by atoms with van der Waals surface area (Å²) in [5.41, 5.74) is -0.724. The minimum absolute atomic E-state index is 0.202. The normalized spacial score (nSPS) is 18.9. The highest BCUT2D eigenvalue weighted by molar-refractivity contribution is 8.13. The van der Waals surface area contributed by atoms with Crippen molar-refractivity contribution >= 4 is 19.7 Å². The Balaban J connectivity index is 2.47.